The van der Waals surface area contributed by atoms with E-state index in [1.165, 1.54) is 0 Å². The lowest BCUT2D eigenvalue weighted by Gasteiger charge is -2.09. The fraction of sp³-hybridized carbons (Fsp3) is 0.286. The molecule has 20 heavy (non-hydrogen) atoms. The quantitative estimate of drug-likeness (QED) is 0.927. The highest BCUT2D eigenvalue weighted by Crippen LogP contribution is 2.39. The highest BCUT2D eigenvalue weighted by Gasteiger charge is 2.20. The van der Waals surface area contributed by atoms with Gasteiger partial charge in [0, 0.05) is 12.6 Å². The van der Waals surface area contributed by atoms with Crippen LogP contribution in [0.3, 0.4) is 0 Å². The molecule has 0 atom stereocenters. The van der Waals surface area contributed by atoms with E-state index in [9.17, 15) is 4.79 Å². The van der Waals surface area contributed by atoms with Crippen LogP contribution in [0.1, 0.15) is 23.0 Å². The summed E-state index contributed by atoms with van der Waals surface area (Å²) in [6.07, 6.45) is 0.805. The van der Waals surface area contributed by atoms with Crippen LogP contribution in [0.2, 0.25) is 0 Å². The van der Waals surface area contributed by atoms with Crippen molar-refractivity contribution in [3.63, 3.8) is 0 Å². The van der Waals surface area contributed by atoms with Crippen LogP contribution in [-0.4, -0.2) is 27.6 Å². The zero-order valence-electron chi connectivity index (χ0n) is 11.2. The van der Waals surface area contributed by atoms with Gasteiger partial charge in [0.15, 0.2) is 17.2 Å². The summed E-state index contributed by atoms with van der Waals surface area (Å²) in [5, 5.41) is 13.0. The minimum atomic E-state index is -1.04. The van der Waals surface area contributed by atoms with Gasteiger partial charge in [-0.3, -0.25) is 4.68 Å². The molecule has 0 saturated heterocycles. The zero-order chi connectivity index (χ0) is 14.3. The first kappa shape index (κ1) is 12.5. The van der Waals surface area contributed by atoms with Crippen molar-refractivity contribution in [2.24, 2.45) is 7.05 Å². The van der Waals surface area contributed by atoms with Gasteiger partial charge in [-0.2, -0.15) is 5.10 Å². The van der Waals surface area contributed by atoms with E-state index >= 15 is 0 Å². The topological polar surface area (TPSA) is 73.6 Å². The van der Waals surface area contributed by atoms with Crippen LogP contribution in [0.4, 0.5) is 0 Å². The normalized spacial score (nSPS) is 12.7. The number of fused-ring (bicyclic) bond motifs is 1. The zero-order valence-corrected chi connectivity index (χ0v) is 11.2. The number of nitrogens with zero attached hydrogens (tertiary/aromatic N) is 2. The van der Waals surface area contributed by atoms with Crippen molar-refractivity contribution in [1.29, 1.82) is 0 Å². The monoisotopic (exact) mass is 274 g/mol. The summed E-state index contributed by atoms with van der Waals surface area (Å²) >= 11 is 0. The number of carbonyl (C=O) groups is 1. The van der Waals surface area contributed by atoms with Gasteiger partial charge >= 0.3 is 5.97 Å². The lowest BCUT2D eigenvalue weighted by molar-refractivity contribution is 0.0689. The van der Waals surface area contributed by atoms with Crippen molar-refractivity contribution in [2.75, 3.05) is 6.79 Å². The summed E-state index contributed by atoms with van der Waals surface area (Å²) in [7, 11) is 1.73. The summed E-state index contributed by atoms with van der Waals surface area (Å²) in [5.41, 5.74) is 2.76. The molecule has 6 nitrogen and oxygen atoms in total. The van der Waals surface area contributed by atoms with E-state index in [1.807, 2.05) is 19.1 Å². The van der Waals surface area contributed by atoms with Crippen LogP contribution in [0.15, 0.2) is 18.2 Å². The summed E-state index contributed by atoms with van der Waals surface area (Å²) in [6, 6.07) is 5.38. The second kappa shape index (κ2) is 4.56. The molecule has 1 aromatic carbocycles. The van der Waals surface area contributed by atoms with Crippen LogP contribution in [0, 0.1) is 0 Å². The summed E-state index contributed by atoms with van der Waals surface area (Å²) in [6.45, 7) is 2.25. The molecule has 0 fully saturated rings. The molecular weight excluding hydrogens is 260 g/mol. The molecule has 104 valence electrons. The maximum atomic E-state index is 11.0. The SMILES string of the molecule is CCc1cc2c(cc1-c1cc(C(=O)O)nn1C)OCO2. The number of aromatic carboxylic acids is 1. The first-order chi connectivity index (χ1) is 9.60. The Kier molecular flexibility index (Phi) is 2.85. The van der Waals surface area contributed by atoms with Crippen LogP contribution in [0.25, 0.3) is 11.3 Å². The average molecular weight is 274 g/mol. The van der Waals surface area contributed by atoms with Gasteiger partial charge in [0.2, 0.25) is 6.79 Å². The Labute approximate surface area is 115 Å². The average Bonchev–Trinajstić information content (AvgIpc) is 3.02. The Morgan fingerprint density at radius 1 is 1.35 bits per heavy atom. The molecule has 0 spiro atoms. The molecule has 1 N–H and O–H groups in total. The number of carboxylic acid groups (broad SMARTS) is 1. The Morgan fingerprint density at radius 3 is 2.65 bits per heavy atom. The fourth-order valence-electron chi connectivity index (χ4n) is 2.34. The van der Waals surface area contributed by atoms with Crippen molar-refractivity contribution >= 4 is 5.97 Å². The number of benzene rings is 1. The molecule has 0 amide bonds. The number of aromatic nitrogens is 2. The second-order valence-corrected chi connectivity index (χ2v) is 4.56. The van der Waals surface area contributed by atoms with Gasteiger partial charge in [0.25, 0.3) is 0 Å². The maximum Gasteiger partial charge on any atom is 0.356 e. The number of hydrogen-bond acceptors (Lipinski definition) is 4. The van der Waals surface area contributed by atoms with Gasteiger partial charge in [0.1, 0.15) is 0 Å². The van der Waals surface area contributed by atoms with Gasteiger partial charge in [-0.15, -0.1) is 0 Å². The molecule has 0 bridgehead atoms. The lowest BCUT2D eigenvalue weighted by Crippen LogP contribution is -1.99. The third kappa shape index (κ3) is 1.89. The third-order valence-corrected chi connectivity index (χ3v) is 3.35. The van der Waals surface area contributed by atoms with Gasteiger partial charge in [-0.1, -0.05) is 6.92 Å². The molecule has 0 aliphatic carbocycles. The van der Waals surface area contributed by atoms with Crippen molar-refractivity contribution in [3.05, 3.63) is 29.5 Å². The summed E-state index contributed by atoms with van der Waals surface area (Å²) in [5.74, 6) is 0.368. The number of rotatable bonds is 3. The molecule has 0 radical (unpaired) electrons. The first-order valence-corrected chi connectivity index (χ1v) is 6.30. The highest BCUT2D eigenvalue weighted by molar-refractivity contribution is 5.87. The standard InChI is InChI=1S/C14H14N2O4/c1-3-8-4-12-13(20-7-19-12)5-9(8)11-6-10(14(17)18)15-16(11)2/h4-6H,3,7H2,1-2H3,(H,17,18). The molecular formula is C14H14N2O4. The number of ether oxygens (including phenoxy) is 2. The predicted molar refractivity (Wildman–Crippen MR) is 71.1 cm³/mol. The minimum absolute atomic E-state index is 0.0298. The van der Waals surface area contributed by atoms with Crippen molar-refractivity contribution < 1.29 is 19.4 Å². The minimum Gasteiger partial charge on any atom is -0.476 e. The Morgan fingerprint density at radius 2 is 2.05 bits per heavy atom. The summed E-state index contributed by atoms with van der Waals surface area (Å²) in [4.78, 5) is 11.0. The molecule has 1 aliphatic heterocycles. The van der Waals surface area contributed by atoms with E-state index in [2.05, 4.69) is 5.10 Å². The van der Waals surface area contributed by atoms with E-state index in [0.29, 0.717) is 5.75 Å². The van der Waals surface area contributed by atoms with Crippen LogP contribution >= 0.6 is 0 Å². The number of hydrogen-bond donors (Lipinski definition) is 1. The van der Waals surface area contributed by atoms with E-state index in [4.69, 9.17) is 14.6 Å². The van der Waals surface area contributed by atoms with E-state index in [0.717, 1.165) is 29.0 Å². The largest absolute Gasteiger partial charge is 0.476 e. The Bertz CT molecular complexity index is 691. The van der Waals surface area contributed by atoms with Crippen molar-refractivity contribution in [3.8, 4) is 22.8 Å². The number of carboxylic acids is 1. The smallest absolute Gasteiger partial charge is 0.356 e. The first-order valence-electron chi connectivity index (χ1n) is 6.30. The molecule has 1 aliphatic rings. The van der Waals surface area contributed by atoms with Crippen molar-refractivity contribution in [2.45, 2.75) is 13.3 Å². The fourth-order valence-corrected chi connectivity index (χ4v) is 2.34. The Balaban J connectivity index is 2.16. The molecule has 2 aromatic rings. The third-order valence-electron chi connectivity index (χ3n) is 3.35. The highest BCUT2D eigenvalue weighted by atomic mass is 16.7. The molecule has 2 heterocycles. The van der Waals surface area contributed by atoms with Crippen LogP contribution in [0.5, 0.6) is 11.5 Å². The van der Waals surface area contributed by atoms with Crippen LogP contribution in [-0.2, 0) is 13.5 Å². The van der Waals surface area contributed by atoms with Gasteiger partial charge in [0.05, 0.1) is 5.69 Å². The Hall–Kier alpha value is -2.50. The van der Waals surface area contributed by atoms with Gasteiger partial charge in [-0.25, -0.2) is 4.79 Å². The molecule has 3 rings (SSSR count). The molecule has 0 unspecified atom stereocenters. The van der Waals surface area contributed by atoms with Gasteiger partial charge < -0.3 is 14.6 Å². The van der Waals surface area contributed by atoms with E-state index in [1.54, 1.807) is 17.8 Å². The van der Waals surface area contributed by atoms with E-state index in [-0.39, 0.29) is 12.5 Å². The lowest BCUT2D eigenvalue weighted by atomic mass is 10.0. The molecule has 0 saturated carbocycles. The number of aryl methyl sites for hydroxylation is 2. The van der Waals surface area contributed by atoms with Crippen LogP contribution < -0.4 is 9.47 Å². The molecule has 6 heteroatoms. The van der Waals surface area contributed by atoms with Gasteiger partial charge in [-0.05, 0) is 30.2 Å². The second-order valence-electron chi connectivity index (χ2n) is 4.56. The molecule has 1 aromatic heterocycles. The maximum absolute atomic E-state index is 11.0. The predicted octanol–water partition coefficient (Wildman–Crippen LogP) is 2.08. The summed E-state index contributed by atoms with van der Waals surface area (Å²) < 4.78 is 12.3. The van der Waals surface area contributed by atoms with E-state index < -0.39 is 5.97 Å². The van der Waals surface area contributed by atoms with Crippen molar-refractivity contribution in [1.82, 2.24) is 9.78 Å².